The maximum Gasteiger partial charge on any atom is 0.261 e. The highest BCUT2D eigenvalue weighted by molar-refractivity contribution is 7.92. The Bertz CT molecular complexity index is 899. The van der Waals surface area contributed by atoms with Gasteiger partial charge in [-0.1, -0.05) is 30.5 Å². The van der Waals surface area contributed by atoms with E-state index in [9.17, 15) is 13.2 Å². The quantitative estimate of drug-likeness (QED) is 0.839. The van der Waals surface area contributed by atoms with E-state index >= 15 is 0 Å². The smallest absolute Gasteiger partial charge is 0.261 e. The Morgan fingerprint density at radius 1 is 1.00 bits per heavy atom. The van der Waals surface area contributed by atoms with Gasteiger partial charge in [0.2, 0.25) is 0 Å². The van der Waals surface area contributed by atoms with E-state index in [2.05, 4.69) is 10.0 Å². The molecule has 0 aliphatic heterocycles. The molecule has 1 amide bonds. The number of amides is 1. The molecule has 6 heteroatoms. The number of carbonyl (C=O) groups is 1. The highest BCUT2D eigenvalue weighted by Crippen LogP contribution is 2.22. The van der Waals surface area contributed by atoms with Crippen LogP contribution in [-0.2, 0) is 10.0 Å². The van der Waals surface area contributed by atoms with E-state index in [1.54, 1.807) is 18.2 Å². The van der Waals surface area contributed by atoms with E-state index in [0.29, 0.717) is 11.3 Å². The molecule has 3 rings (SSSR count). The van der Waals surface area contributed by atoms with Gasteiger partial charge in [-0.15, -0.1) is 0 Å². The van der Waals surface area contributed by atoms with E-state index in [1.165, 1.54) is 12.1 Å². The highest BCUT2D eigenvalue weighted by atomic mass is 32.2. The molecule has 1 saturated carbocycles. The third-order valence-corrected chi connectivity index (χ3v) is 6.12. The van der Waals surface area contributed by atoms with Crippen LogP contribution >= 0.6 is 0 Å². The second-order valence-electron chi connectivity index (χ2n) is 6.90. The standard InChI is InChI=1S/C20H24N2O3S/c1-14-7-12-19(15(2)13-14)22-26(24,25)18-10-8-16(9-11-18)20(23)21-17-5-3-4-6-17/h7-13,17,22H,3-6H2,1-2H3,(H,21,23). The summed E-state index contributed by atoms with van der Waals surface area (Å²) in [7, 11) is -3.70. The topological polar surface area (TPSA) is 75.3 Å². The minimum absolute atomic E-state index is 0.134. The van der Waals surface area contributed by atoms with Gasteiger partial charge < -0.3 is 5.32 Å². The average Bonchev–Trinajstić information content (AvgIpc) is 3.10. The Morgan fingerprint density at radius 2 is 1.65 bits per heavy atom. The number of sulfonamides is 1. The van der Waals surface area contributed by atoms with E-state index < -0.39 is 10.0 Å². The fourth-order valence-corrected chi connectivity index (χ4v) is 4.39. The maximum absolute atomic E-state index is 12.6. The van der Waals surface area contributed by atoms with Crippen LogP contribution in [0.25, 0.3) is 0 Å². The monoisotopic (exact) mass is 372 g/mol. The Morgan fingerprint density at radius 3 is 2.27 bits per heavy atom. The molecule has 0 atom stereocenters. The van der Waals surface area contributed by atoms with Crippen LogP contribution < -0.4 is 10.0 Å². The second kappa shape index (κ2) is 7.50. The Labute approximate surface area is 154 Å². The zero-order valence-corrected chi connectivity index (χ0v) is 15.9. The van der Waals surface area contributed by atoms with Gasteiger partial charge >= 0.3 is 0 Å². The van der Waals surface area contributed by atoms with Gasteiger partial charge in [0.1, 0.15) is 0 Å². The predicted molar refractivity (Wildman–Crippen MR) is 103 cm³/mol. The molecule has 5 nitrogen and oxygen atoms in total. The SMILES string of the molecule is Cc1ccc(NS(=O)(=O)c2ccc(C(=O)NC3CCCC3)cc2)c(C)c1. The molecule has 1 aliphatic rings. The first-order chi connectivity index (χ1) is 12.3. The van der Waals surface area contributed by atoms with Gasteiger partial charge in [-0.05, 0) is 62.6 Å². The molecular weight excluding hydrogens is 348 g/mol. The normalized spacial score (nSPS) is 15.0. The van der Waals surface area contributed by atoms with Crippen LogP contribution in [0.3, 0.4) is 0 Å². The van der Waals surface area contributed by atoms with Crippen LogP contribution in [0.1, 0.15) is 47.2 Å². The highest BCUT2D eigenvalue weighted by Gasteiger charge is 2.19. The van der Waals surface area contributed by atoms with Crippen molar-refractivity contribution in [2.45, 2.75) is 50.5 Å². The first-order valence-corrected chi connectivity index (χ1v) is 10.3. The van der Waals surface area contributed by atoms with Crippen LogP contribution in [0, 0.1) is 13.8 Å². The molecule has 0 bridgehead atoms. The van der Waals surface area contributed by atoms with Crippen molar-refractivity contribution in [2.24, 2.45) is 0 Å². The number of anilines is 1. The van der Waals surface area contributed by atoms with E-state index in [-0.39, 0.29) is 16.8 Å². The molecule has 26 heavy (non-hydrogen) atoms. The minimum atomic E-state index is -3.70. The summed E-state index contributed by atoms with van der Waals surface area (Å²) in [6.07, 6.45) is 4.31. The predicted octanol–water partition coefficient (Wildman–Crippen LogP) is 3.78. The van der Waals surface area contributed by atoms with Crippen molar-refractivity contribution >= 4 is 21.6 Å². The number of aryl methyl sites for hydroxylation is 2. The molecule has 0 radical (unpaired) electrons. The zero-order chi connectivity index (χ0) is 18.7. The van der Waals surface area contributed by atoms with Crippen molar-refractivity contribution in [3.63, 3.8) is 0 Å². The molecule has 0 saturated heterocycles. The van der Waals surface area contributed by atoms with Gasteiger partial charge in [-0.3, -0.25) is 9.52 Å². The summed E-state index contributed by atoms with van der Waals surface area (Å²) in [6, 6.07) is 11.8. The molecular formula is C20H24N2O3S. The maximum atomic E-state index is 12.6. The first kappa shape index (κ1) is 18.5. The van der Waals surface area contributed by atoms with Crippen molar-refractivity contribution in [2.75, 3.05) is 4.72 Å². The van der Waals surface area contributed by atoms with Crippen LogP contribution in [-0.4, -0.2) is 20.4 Å². The lowest BCUT2D eigenvalue weighted by atomic mass is 10.1. The summed E-state index contributed by atoms with van der Waals surface area (Å²) in [6.45, 7) is 3.82. The number of benzene rings is 2. The fourth-order valence-electron chi connectivity index (χ4n) is 3.26. The minimum Gasteiger partial charge on any atom is -0.349 e. The molecule has 138 valence electrons. The van der Waals surface area contributed by atoms with Gasteiger partial charge in [0.05, 0.1) is 10.6 Å². The van der Waals surface area contributed by atoms with E-state index in [4.69, 9.17) is 0 Å². The number of hydrogen-bond donors (Lipinski definition) is 2. The molecule has 2 aromatic rings. The second-order valence-corrected chi connectivity index (χ2v) is 8.59. The number of nitrogens with one attached hydrogen (secondary N) is 2. The van der Waals surface area contributed by atoms with Crippen molar-refractivity contribution in [3.8, 4) is 0 Å². The van der Waals surface area contributed by atoms with Gasteiger partial charge in [0, 0.05) is 11.6 Å². The van der Waals surface area contributed by atoms with Gasteiger partial charge in [-0.2, -0.15) is 0 Å². The molecule has 0 heterocycles. The van der Waals surface area contributed by atoms with Gasteiger partial charge in [0.15, 0.2) is 0 Å². The number of hydrogen-bond acceptors (Lipinski definition) is 3. The molecule has 1 aliphatic carbocycles. The van der Waals surface area contributed by atoms with E-state index in [1.807, 2.05) is 26.0 Å². The van der Waals surface area contributed by atoms with Crippen molar-refractivity contribution in [1.82, 2.24) is 5.32 Å². The Kier molecular flexibility index (Phi) is 5.32. The molecule has 2 N–H and O–H groups in total. The van der Waals surface area contributed by atoms with Gasteiger partial charge in [0.25, 0.3) is 15.9 Å². The third kappa shape index (κ3) is 4.25. The van der Waals surface area contributed by atoms with E-state index in [0.717, 1.165) is 36.8 Å². The van der Waals surface area contributed by atoms with Crippen molar-refractivity contribution in [3.05, 3.63) is 59.2 Å². The fraction of sp³-hybridized carbons (Fsp3) is 0.350. The first-order valence-electron chi connectivity index (χ1n) is 8.86. The molecule has 1 fully saturated rings. The molecule has 2 aromatic carbocycles. The van der Waals surface area contributed by atoms with Crippen LogP contribution in [0.15, 0.2) is 47.4 Å². The average molecular weight is 372 g/mol. The summed E-state index contributed by atoms with van der Waals surface area (Å²) in [5.74, 6) is -0.150. The van der Waals surface area contributed by atoms with Crippen LogP contribution in [0.4, 0.5) is 5.69 Å². The van der Waals surface area contributed by atoms with Crippen molar-refractivity contribution < 1.29 is 13.2 Å². The summed E-state index contributed by atoms with van der Waals surface area (Å²) < 4.78 is 27.8. The van der Waals surface area contributed by atoms with Crippen LogP contribution in [0.2, 0.25) is 0 Å². The van der Waals surface area contributed by atoms with Crippen LogP contribution in [0.5, 0.6) is 0 Å². The summed E-state index contributed by atoms with van der Waals surface area (Å²) in [5.41, 5.74) is 2.96. The summed E-state index contributed by atoms with van der Waals surface area (Å²) in [4.78, 5) is 12.4. The lowest BCUT2D eigenvalue weighted by Crippen LogP contribution is -2.32. The lowest BCUT2D eigenvalue weighted by Gasteiger charge is -2.13. The summed E-state index contributed by atoms with van der Waals surface area (Å²) >= 11 is 0. The zero-order valence-electron chi connectivity index (χ0n) is 15.1. The third-order valence-electron chi connectivity index (χ3n) is 4.74. The number of rotatable bonds is 5. The molecule has 0 spiro atoms. The Hall–Kier alpha value is -2.34. The Balaban J connectivity index is 1.73. The largest absolute Gasteiger partial charge is 0.349 e. The van der Waals surface area contributed by atoms with Crippen molar-refractivity contribution in [1.29, 1.82) is 0 Å². The van der Waals surface area contributed by atoms with Gasteiger partial charge in [-0.25, -0.2) is 8.42 Å². The molecule has 0 unspecified atom stereocenters. The molecule has 0 aromatic heterocycles. The number of carbonyl (C=O) groups excluding carboxylic acids is 1. The summed E-state index contributed by atoms with van der Waals surface area (Å²) in [5, 5.41) is 3.00. The lowest BCUT2D eigenvalue weighted by molar-refractivity contribution is 0.0938.